The molecule has 2 aromatic carbocycles. The summed E-state index contributed by atoms with van der Waals surface area (Å²) >= 11 is 1.12. The molecule has 1 aliphatic heterocycles. The third-order valence-corrected chi connectivity index (χ3v) is 4.66. The molecular weight excluding hydrogens is 324 g/mol. The maximum absolute atomic E-state index is 12.4. The lowest BCUT2D eigenvalue weighted by molar-refractivity contribution is -0.117. The molecule has 0 fully saturated rings. The molecule has 120 valence electrons. The van der Waals surface area contributed by atoms with Gasteiger partial charge in [-0.25, -0.2) is 0 Å². The molecule has 4 rings (SSSR count). The van der Waals surface area contributed by atoms with Crippen LogP contribution in [0.4, 0.5) is 11.4 Å². The molecule has 3 aromatic rings. The number of nitrogens with zero attached hydrogens (tertiary/aromatic N) is 3. The molecule has 0 radical (unpaired) electrons. The SMILES string of the molecule is CCN1C(=O)Cc2cc(NC(=O)c3ccc4nsnc4c3)ccc21. The molecule has 0 atom stereocenters. The zero-order valence-corrected chi connectivity index (χ0v) is 13.8. The number of rotatable bonds is 3. The van der Waals surface area contributed by atoms with Crippen LogP contribution in [0.1, 0.15) is 22.8 Å². The minimum absolute atomic E-state index is 0.0949. The van der Waals surface area contributed by atoms with Crippen LogP contribution >= 0.6 is 11.7 Å². The highest BCUT2D eigenvalue weighted by atomic mass is 32.1. The number of benzene rings is 2. The molecule has 0 saturated carbocycles. The molecule has 2 heterocycles. The Morgan fingerprint density at radius 1 is 1.21 bits per heavy atom. The van der Waals surface area contributed by atoms with Crippen molar-refractivity contribution in [2.75, 3.05) is 16.8 Å². The van der Waals surface area contributed by atoms with Crippen molar-refractivity contribution >= 4 is 46.0 Å². The van der Waals surface area contributed by atoms with Gasteiger partial charge in [0, 0.05) is 23.5 Å². The normalized spacial score (nSPS) is 13.4. The summed E-state index contributed by atoms with van der Waals surface area (Å²) in [5, 5.41) is 2.88. The molecule has 0 aliphatic carbocycles. The Bertz CT molecular complexity index is 966. The highest BCUT2D eigenvalue weighted by Gasteiger charge is 2.26. The zero-order chi connectivity index (χ0) is 16.7. The Hall–Kier alpha value is -2.80. The fourth-order valence-corrected chi connectivity index (χ4v) is 3.45. The second-order valence-electron chi connectivity index (χ2n) is 5.58. The number of anilines is 2. The fourth-order valence-electron chi connectivity index (χ4n) is 2.93. The Morgan fingerprint density at radius 3 is 2.88 bits per heavy atom. The summed E-state index contributed by atoms with van der Waals surface area (Å²) in [7, 11) is 0. The van der Waals surface area contributed by atoms with E-state index >= 15 is 0 Å². The van der Waals surface area contributed by atoms with Crippen LogP contribution in [0.5, 0.6) is 0 Å². The van der Waals surface area contributed by atoms with Crippen molar-refractivity contribution in [2.45, 2.75) is 13.3 Å². The molecule has 6 nitrogen and oxygen atoms in total. The lowest BCUT2D eigenvalue weighted by Crippen LogP contribution is -2.25. The van der Waals surface area contributed by atoms with E-state index in [-0.39, 0.29) is 11.8 Å². The van der Waals surface area contributed by atoms with Crippen LogP contribution in [0.25, 0.3) is 11.0 Å². The molecule has 0 unspecified atom stereocenters. The number of fused-ring (bicyclic) bond motifs is 2. The molecular formula is C17H14N4O2S. The first-order valence-corrected chi connectivity index (χ1v) is 8.35. The highest BCUT2D eigenvalue weighted by Crippen LogP contribution is 2.31. The number of likely N-dealkylation sites (N-methyl/N-ethyl adjacent to an activating group) is 1. The average Bonchev–Trinajstić information content (AvgIpc) is 3.16. The first-order valence-electron chi connectivity index (χ1n) is 7.62. The molecule has 24 heavy (non-hydrogen) atoms. The smallest absolute Gasteiger partial charge is 0.255 e. The van der Waals surface area contributed by atoms with Gasteiger partial charge in [0.2, 0.25) is 5.91 Å². The first kappa shape index (κ1) is 14.8. The van der Waals surface area contributed by atoms with Gasteiger partial charge < -0.3 is 10.2 Å². The summed E-state index contributed by atoms with van der Waals surface area (Å²) in [4.78, 5) is 26.1. The summed E-state index contributed by atoms with van der Waals surface area (Å²) in [6.45, 7) is 2.60. The van der Waals surface area contributed by atoms with Crippen LogP contribution < -0.4 is 10.2 Å². The van der Waals surface area contributed by atoms with E-state index in [1.54, 1.807) is 23.1 Å². The van der Waals surface area contributed by atoms with Crippen molar-refractivity contribution in [3.63, 3.8) is 0 Å². The minimum atomic E-state index is -0.207. The van der Waals surface area contributed by atoms with E-state index in [4.69, 9.17) is 0 Å². The maximum Gasteiger partial charge on any atom is 0.255 e. The average molecular weight is 338 g/mol. The van der Waals surface area contributed by atoms with E-state index in [2.05, 4.69) is 14.1 Å². The molecule has 1 aromatic heterocycles. The molecule has 2 amide bonds. The van der Waals surface area contributed by atoms with Gasteiger partial charge in [-0.2, -0.15) is 8.75 Å². The standard InChI is InChI=1S/C17H14N4O2S/c1-2-21-15-6-4-12(7-11(15)9-16(21)22)18-17(23)10-3-5-13-14(8-10)20-24-19-13/h3-8H,2,9H2,1H3,(H,18,23). The number of hydrogen-bond donors (Lipinski definition) is 1. The third-order valence-electron chi connectivity index (χ3n) is 4.10. The molecule has 0 spiro atoms. The van der Waals surface area contributed by atoms with Gasteiger partial charge in [-0.3, -0.25) is 9.59 Å². The van der Waals surface area contributed by atoms with Gasteiger partial charge in [-0.15, -0.1) is 0 Å². The molecule has 7 heteroatoms. The van der Waals surface area contributed by atoms with Crippen LogP contribution in [0.3, 0.4) is 0 Å². The van der Waals surface area contributed by atoms with Crippen molar-refractivity contribution in [3.05, 3.63) is 47.5 Å². The number of amides is 2. The third kappa shape index (κ3) is 2.43. The van der Waals surface area contributed by atoms with E-state index in [0.717, 1.165) is 28.5 Å². The number of carbonyl (C=O) groups excluding carboxylic acids is 2. The van der Waals surface area contributed by atoms with Gasteiger partial charge in [0.25, 0.3) is 5.91 Å². The second-order valence-corrected chi connectivity index (χ2v) is 6.11. The Balaban J connectivity index is 1.58. The van der Waals surface area contributed by atoms with Crippen molar-refractivity contribution in [3.8, 4) is 0 Å². The summed E-state index contributed by atoms with van der Waals surface area (Å²) in [6, 6.07) is 10.8. The van der Waals surface area contributed by atoms with E-state index in [0.29, 0.717) is 29.7 Å². The maximum atomic E-state index is 12.4. The predicted octanol–water partition coefficient (Wildman–Crippen LogP) is 2.85. The van der Waals surface area contributed by atoms with Crippen LogP contribution in [0, 0.1) is 0 Å². The topological polar surface area (TPSA) is 75.2 Å². The van der Waals surface area contributed by atoms with Crippen LogP contribution in [-0.4, -0.2) is 27.1 Å². The van der Waals surface area contributed by atoms with Gasteiger partial charge in [0.15, 0.2) is 0 Å². The summed E-state index contributed by atoms with van der Waals surface area (Å²) in [5.41, 5.74) is 4.58. The number of nitrogens with one attached hydrogen (secondary N) is 1. The van der Waals surface area contributed by atoms with Crippen LogP contribution in [0.2, 0.25) is 0 Å². The molecule has 1 N–H and O–H groups in total. The lowest BCUT2D eigenvalue weighted by atomic mass is 10.1. The van der Waals surface area contributed by atoms with Gasteiger partial charge in [-0.1, -0.05) is 0 Å². The van der Waals surface area contributed by atoms with Crippen LogP contribution in [-0.2, 0) is 11.2 Å². The largest absolute Gasteiger partial charge is 0.322 e. The Labute approximate surface area is 142 Å². The van der Waals surface area contributed by atoms with Crippen molar-refractivity contribution < 1.29 is 9.59 Å². The van der Waals surface area contributed by atoms with E-state index in [1.807, 2.05) is 25.1 Å². The molecule has 1 aliphatic rings. The van der Waals surface area contributed by atoms with E-state index < -0.39 is 0 Å². The van der Waals surface area contributed by atoms with Crippen molar-refractivity contribution in [2.24, 2.45) is 0 Å². The Morgan fingerprint density at radius 2 is 2.04 bits per heavy atom. The summed E-state index contributed by atoms with van der Waals surface area (Å²) < 4.78 is 8.28. The predicted molar refractivity (Wildman–Crippen MR) is 93.5 cm³/mol. The van der Waals surface area contributed by atoms with Crippen molar-refractivity contribution in [1.29, 1.82) is 0 Å². The quantitative estimate of drug-likeness (QED) is 0.797. The lowest BCUT2D eigenvalue weighted by Gasteiger charge is -2.15. The van der Waals surface area contributed by atoms with Crippen molar-refractivity contribution in [1.82, 2.24) is 8.75 Å². The number of carbonyl (C=O) groups is 2. The van der Waals surface area contributed by atoms with E-state index in [1.165, 1.54) is 0 Å². The van der Waals surface area contributed by atoms with Crippen LogP contribution in [0.15, 0.2) is 36.4 Å². The van der Waals surface area contributed by atoms with E-state index in [9.17, 15) is 9.59 Å². The minimum Gasteiger partial charge on any atom is -0.322 e. The first-order chi connectivity index (χ1) is 11.7. The van der Waals surface area contributed by atoms with Gasteiger partial charge in [0.05, 0.1) is 18.1 Å². The van der Waals surface area contributed by atoms with Gasteiger partial charge >= 0.3 is 0 Å². The summed E-state index contributed by atoms with van der Waals surface area (Å²) in [5.74, 6) is -0.112. The van der Waals surface area contributed by atoms with Gasteiger partial charge in [-0.05, 0) is 48.9 Å². The van der Waals surface area contributed by atoms with Gasteiger partial charge in [0.1, 0.15) is 11.0 Å². The second kappa shape index (κ2) is 5.68. The molecule has 0 saturated heterocycles. The molecule has 0 bridgehead atoms. The summed E-state index contributed by atoms with van der Waals surface area (Å²) in [6.07, 6.45) is 0.378. The monoisotopic (exact) mass is 338 g/mol. The highest BCUT2D eigenvalue weighted by molar-refractivity contribution is 7.00. The Kier molecular flexibility index (Phi) is 3.50. The number of aromatic nitrogens is 2. The zero-order valence-electron chi connectivity index (χ0n) is 12.9. The number of hydrogen-bond acceptors (Lipinski definition) is 5. The fraction of sp³-hybridized carbons (Fsp3) is 0.176.